The molecule has 0 aliphatic heterocycles. The van der Waals surface area contributed by atoms with Crippen molar-refractivity contribution in [2.75, 3.05) is 0 Å². The summed E-state index contributed by atoms with van der Waals surface area (Å²) in [6.07, 6.45) is 4.87. The normalized spacial score (nSPS) is 10.7. The highest BCUT2D eigenvalue weighted by Gasteiger charge is 2.11. The van der Waals surface area contributed by atoms with Gasteiger partial charge in [-0.05, 0) is 30.7 Å². The number of aromatic nitrogens is 5. The molecule has 4 aromatic rings. The molecule has 0 amide bonds. The van der Waals surface area contributed by atoms with Crippen LogP contribution >= 0.6 is 0 Å². The molecule has 0 aliphatic rings. The van der Waals surface area contributed by atoms with Crippen LogP contribution in [-0.2, 0) is 0 Å². The Morgan fingerprint density at radius 2 is 2.04 bits per heavy atom. The number of hydrogen-bond donors (Lipinski definition) is 2. The van der Waals surface area contributed by atoms with Crippen LogP contribution in [0.4, 0.5) is 0 Å². The number of aromatic amines is 2. The van der Waals surface area contributed by atoms with Gasteiger partial charge in [0.2, 0.25) is 5.56 Å². The lowest BCUT2D eigenvalue weighted by molar-refractivity contribution is 1.20. The standard InChI is InChI=1S/C18H12N6O/c1-10-4-14(12-2-3-16(25)21-8-12)20-9-13(10)17-23-15-5-11(6-19)7-22-18(15)24-17/h2-5,7-9H,1H3,(H,21,25)(H,22,23,24). The molecular weight excluding hydrogens is 316 g/mol. The van der Waals surface area contributed by atoms with Gasteiger partial charge in [0, 0.05) is 35.8 Å². The van der Waals surface area contributed by atoms with E-state index in [1.54, 1.807) is 24.5 Å². The van der Waals surface area contributed by atoms with E-state index in [0.29, 0.717) is 22.6 Å². The third kappa shape index (κ3) is 2.66. The van der Waals surface area contributed by atoms with E-state index >= 15 is 0 Å². The van der Waals surface area contributed by atoms with Crippen molar-refractivity contribution >= 4 is 11.2 Å². The monoisotopic (exact) mass is 328 g/mol. The zero-order valence-corrected chi connectivity index (χ0v) is 13.2. The van der Waals surface area contributed by atoms with Crippen LogP contribution in [0, 0.1) is 18.3 Å². The highest BCUT2D eigenvalue weighted by Crippen LogP contribution is 2.25. The van der Waals surface area contributed by atoms with E-state index in [1.807, 2.05) is 13.0 Å². The van der Waals surface area contributed by atoms with Crippen molar-refractivity contribution in [1.82, 2.24) is 24.9 Å². The lowest BCUT2D eigenvalue weighted by atomic mass is 10.1. The lowest BCUT2D eigenvalue weighted by Gasteiger charge is -2.05. The van der Waals surface area contributed by atoms with E-state index < -0.39 is 0 Å². The number of aryl methyl sites for hydroxylation is 1. The van der Waals surface area contributed by atoms with Gasteiger partial charge in [-0.3, -0.25) is 9.78 Å². The minimum atomic E-state index is -0.149. The lowest BCUT2D eigenvalue weighted by Crippen LogP contribution is -2.02. The Hall–Kier alpha value is -3.79. The molecule has 0 atom stereocenters. The van der Waals surface area contributed by atoms with Gasteiger partial charge in [-0.2, -0.15) is 5.26 Å². The van der Waals surface area contributed by atoms with Gasteiger partial charge in [-0.25, -0.2) is 9.97 Å². The number of imidazole rings is 1. The fraction of sp³-hybridized carbons (Fsp3) is 0.0556. The molecule has 0 spiro atoms. The van der Waals surface area contributed by atoms with Gasteiger partial charge in [0.05, 0.1) is 16.8 Å². The zero-order valence-electron chi connectivity index (χ0n) is 13.2. The number of fused-ring (bicyclic) bond motifs is 1. The summed E-state index contributed by atoms with van der Waals surface area (Å²) in [5.41, 5.74) is 5.02. The van der Waals surface area contributed by atoms with E-state index in [0.717, 1.165) is 22.4 Å². The maximum atomic E-state index is 11.2. The Morgan fingerprint density at radius 1 is 1.16 bits per heavy atom. The predicted octanol–water partition coefficient (Wildman–Crippen LogP) is 2.56. The van der Waals surface area contributed by atoms with Crippen molar-refractivity contribution in [2.45, 2.75) is 6.92 Å². The van der Waals surface area contributed by atoms with Crippen molar-refractivity contribution in [3.05, 3.63) is 64.3 Å². The van der Waals surface area contributed by atoms with Crippen LogP contribution in [-0.4, -0.2) is 24.9 Å². The number of H-pyrrole nitrogens is 2. The zero-order chi connectivity index (χ0) is 17.4. The molecule has 4 aromatic heterocycles. The fourth-order valence-corrected chi connectivity index (χ4v) is 2.62. The summed E-state index contributed by atoms with van der Waals surface area (Å²) < 4.78 is 0. The van der Waals surface area contributed by atoms with Gasteiger partial charge >= 0.3 is 0 Å². The number of pyridine rings is 3. The first-order valence-corrected chi connectivity index (χ1v) is 7.56. The maximum Gasteiger partial charge on any atom is 0.247 e. The molecule has 4 rings (SSSR count). The predicted molar refractivity (Wildman–Crippen MR) is 92.6 cm³/mol. The second-order valence-electron chi connectivity index (χ2n) is 5.62. The average Bonchev–Trinajstić information content (AvgIpc) is 3.05. The first-order chi connectivity index (χ1) is 12.1. The van der Waals surface area contributed by atoms with Gasteiger partial charge in [0.15, 0.2) is 5.65 Å². The molecule has 120 valence electrons. The van der Waals surface area contributed by atoms with Crippen LogP contribution in [0.3, 0.4) is 0 Å². The minimum absolute atomic E-state index is 0.149. The molecule has 0 aromatic carbocycles. The third-order valence-corrected chi connectivity index (χ3v) is 3.91. The van der Waals surface area contributed by atoms with Crippen molar-refractivity contribution in [1.29, 1.82) is 5.26 Å². The van der Waals surface area contributed by atoms with Crippen molar-refractivity contribution in [2.24, 2.45) is 0 Å². The molecule has 0 saturated heterocycles. The van der Waals surface area contributed by atoms with Gasteiger partial charge in [-0.15, -0.1) is 0 Å². The van der Waals surface area contributed by atoms with Gasteiger partial charge in [0.25, 0.3) is 0 Å². The van der Waals surface area contributed by atoms with Gasteiger partial charge in [0.1, 0.15) is 11.9 Å². The quantitative estimate of drug-likeness (QED) is 0.587. The Bertz CT molecular complexity index is 1180. The summed E-state index contributed by atoms with van der Waals surface area (Å²) in [6.45, 7) is 1.97. The highest BCUT2D eigenvalue weighted by molar-refractivity contribution is 5.78. The molecule has 4 heterocycles. The van der Waals surface area contributed by atoms with Crippen LogP contribution in [0.2, 0.25) is 0 Å². The first kappa shape index (κ1) is 14.8. The summed E-state index contributed by atoms with van der Waals surface area (Å²) in [4.78, 5) is 30.1. The molecule has 0 saturated carbocycles. The van der Waals surface area contributed by atoms with Gasteiger partial charge in [-0.1, -0.05) is 0 Å². The van der Waals surface area contributed by atoms with Crippen LogP contribution < -0.4 is 5.56 Å². The van der Waals surface area contributed by atoms with Crippen LogP contribution in [0.5, 0.6) is 0 Å². The number of rotatable bonds is 2. The van der Waals surface area contributed by atoms with Crippen molar-refractivity contribution in [3.8, 4) is 28.7 Å². The third-order valence-electron chi connectivity index (χ3n) is 3.91. The Kier molecular flexibility index (Phi) is 3.36. The second-order valence-corrected chi connectivity index (χ2v) is 5.62. The first-order valence-electron chi connectivity index (χ1n) is 7.56. The topological polar surface area (TPSA) is 111 Å². The van der Waals surface area contributed by atoms with E-state index in [2.05, 4.69) is 31.0 Å². The molecule has 0 radical (unpaired) electrons. The Labute approximate surface area is 142 Å². The van der Waals surface area contributed by atoms with E-state index in [4.69, 9.17) is 5.26 Å². The number of nitrogens with zero attached hydrogens (tertiary/aromatic N) is 4. The summed E-state index contributed by atoms with van der Waals surface area (Å²) >= 11 is 0. The SMILES string of the molecule is Cc1cc(-c2ccc(=O)[nH]c2)ncc1-c1nc2ncc(C#N)cc2[nH]1. The molecule has 0 unspecified atom stereocenters. The Morgan fingerprint density at radius 3 is 2.76 bits per heavy atom. The van der Waals surface area contributed by atoms with E-state index in [1.165, 1.54) is 12.3 Å². The molecule has 7 nitrogen and oxygen atoms in total. The molecule has 25 heavy (non-hydrogen) atoms. The maximum absolute atomic E-state index is 11.2. The number of hydrogen-bond acceptors (Lipinski definition) is 5. The summed E-state index contributed by atoms with van der Waals surface area (Å²) in [5, 5.41) is 8.96. The molecule has 0 fully saturated rings. The van der Waals surface area contributed by atoms with Crippen molar-refractivity contribution in [3.63, 3.8) is 0 Å². The van der Waals surface area contributed by atoms with E-state index in [-0.39, 0.29) is 5.56 Å². The second kappa shape index (κ2) is 5.69. The van der Waals surface area contributed by atoms with Crippen molar-refractivity contribution < 1.29 is 0 Å². The van der Waals surface area contributed by atoms with Crippen LogP contribution in [0.1, 0.15) is 11.1 Å². The smallest absolute Gasteiger partial charge is 0.247 e. The molecule has 0 bridgehead atoms. The van der Waals surface area contributed by atoms with Gasteiger partial charge < -0.3 is 9.97 Å². The molecule has 2 N–H and O–H groups in total. The summed E-state index contributed by atoms with van der Waals surface area (Å²) in [7, 11) is 0. The summed E-state index contributed by atoms with van der Waals surface area (Å²) in [5.74, 6) is 0.649. The fourth-order valence-electron chi connectivity index (χ4n) is 2.62. The van der Waals surface area contributed by atoms with Crippen LogP contribution in [0.25, 0.3) is 33.8 Å². The minimum Gasteiger partial charge on any atom is -0.336 e. The van der Waals surface area contributed by atoms with E-state index in [9.17, 15) is 4.79 Å². The molecule has 0 aliphatic carbocycles. The molecule has 7 heteroatoms. The summed E-state index contributed by atoms with van der Waals surface area (Å²) in [6, 6.07) is 8.92. The number of nitriles is 1. The Balaban J connectivity index is 1.77. The number of nitrogens with one attached hydrogen (secondary N) is 2. The van der Waals surface area contributed by atoms with Crippen LogP contribution in [0.15, 0.2) is 47.7 Å². The average molecular weight is 328 g/mol. The largest absolute Gasteiger partial charge is 0.336 e. The molecular formula is C18H12N6O. The highest BCUT2D eigenvalue weighted by atomic mass is 16.1.